The first kappa shape index (κ1) is 30.2. The fourth-order valence-electron chi connectivity index (χ4n) is 3.98. The standard InChI is InChI=1S/C26H27Cl2N3.2ClH.H2O/c1-2-31(16-13-27)15-6-14-29-26-22-11-10-21(28)18-25(22)30-24-12-9-20(17-23(24)26)19-7-4-3-5-8-19;;;/h3-5,7-12,17-18H,2,6,13-16H2,1H3,(H,29,30);2*1H;1H2. The second-order valence-electron chi connectivity index (χ2n) is 7.65. The highest BCUT2D eigenvalue weighted by molar-refractivity contribution is 6.31. The van der Waals surface area contributed by atoms with Crippen molar-refractivity contribution in [1.82, 2.24) is 9.88 Å². The molecule has 4 aromatic rings. The van der Waals surface area contributed by atoms with Crippen LogP contribution in [0.2, 0.25) is 5.02 Å². The smallest absolute Gasteiger partial charge is 0.0745 e. The molecule has 0 atom stereocenters. The third-order valence-corrected chi connectivity index (χ3v) is 6.05. The summed E-state index contributed by atoms with van der Waals surface area (Å²) in [5, 5.41) is 6.63. The lowest BCUT2D eigenvalue weighted by Gasteiger charge is -2.20. The fourth-order valence-corrected chi connectivity index (χ4v) is 4.39. The molecule has 8 heteroatoms. The van der Waals surface area contributed by atoms with Crippen LogP contribution in [0.5, 0.6) is 0 Å². The fraction of sp³-hybridized carbons (Fsp3) is 0.269. The minimum Gasteiger partial charge on any atom is -0.412 e. The van der Waals surface area contributed by atoms with Gasteiger partial charge in [0.05, 0.1) is 16.7 Å². The average molecular weight is 543 g/mol. The first-order valence-electron chi connectivity index (χ1n) is 10.8. The van der Waals surface area contributed by atoms with E-state index in [-0.39, 0.29) is 30.3 Å². The van der Waals surface area contributed by atoms with Crippen LogP contribution in [-0.2, 0) is 0 Å². The van der Waals surface area contributed by atoms with E-state index in [0.717, 1.165) is 60.1 Å². The van der Waals surface area contributed by atoms with Crippen molar-refractivity contribution in [2.24, 2.45) is 0 Å². The van der Waals surface area contributed by atoms with Crippen molar-refractivity contribution in [2.75, 3.05) is 37.4 Å². The Morgan fingerprint density at radius 3 is 2.32 bits per heavy atom. The normalized spacial score (nSPS) is 10.5. The Kier molecular flexibility index (Phi) is 13.0. The van der Waals surface area contributed by atoms with Crippen LogP contribution in [0.3, 0.4) is 0 Å². The van der Waals surface area contributed by atoms with E-state index in [9.17, 15) is 0 Å². The van der Waals surface area contributed by atoms with Crippen LogP contribution >= 0.6 is 48.0 Å². The van der Waals surface area contributed by atoms with Crippen LogP contribution in [-0.4, -0.2) is 47.4 Å². The van der Waals surface area contributed by atoms with E-state index >= 15 is 0 Å². The van der Waals surface area contributed by atoms with Gasteiger partial charge < -0.3 is 15.7 Å². The number of anilines is 1. The third-order valence-electron chi connectivity index (χ3n) is 5.64. The molecule has 1 aromatic heterocycles. The van der Waals surface area contributed by atoms with Gasteiger partial charge in [-0.25, -0.2) is 4.98 Å². The number of hydrogen-bond donors (Lipinski definition) is 1. The van der Waals surface area contributed by atoms with Gasteiger partial charge in [-0.3, -0.25) is 0 Å². The Bertz CT molecular complexity index is 1170. The second-order valence-corrected chi connectivity index (χ2v) is 8.46. The van der Waals surface area contributed by atoms with E-state index in [1.165, 1.54) is 11.1 Å². The van der Waals surface area contributed by atoms with Crippen LogP contribution in [0.25, 0.3) is 32.9 Å². The molecule has 0 aliphatic rings. The lowest BCUT2D eigenvalue weighted by molar-refractivity contribution is 0.304. The summed E-state index contributed by atoms with van der Waals surface area (Å²) in [4.78, 5) is 7.26. The summed E-state index contributed by atoms with van der Waals surface area (Å²) >= 11 is 12.2. The Hall–Kier alpha value is -1.79. The van der Waals surface area contributed by atoms with Gasteiger partial charge in [-0.15, -0.1) is 36.4 Å². The number of benzene rings is 3. The highest BCUT2D eigenvalue weighted by atomic mass is 35.5. The summed E-state index contributed by atoms with van der Waals surface area (Å²) in [7, 11) is 0. The molecular weight excluding hydrogens is 512 g/mol. The molecule has 0 unspecified atom stereocenters. The molecule has 3 aromatic carbocycles. The van der Waals surface area contributed by atoms with Gasteiger partial charge in [0.2, 0.25) is 0 Å². The first-order chi connectivity index (χ1) is 15.2. The first-order valence-corrected chi connectivity index (χ1v) is 11.7. The summed E-state index contributed by atoms with van der Waals surface area (Å²) in [6.45, 7) is 6.03. The zero-order valence-corrected chi connectivity index (χ0v) is 22.2. The SMILES string of the molecule is CCN(CCCl)CCCNc1c2ccc(Cl)cc2nc2ccc(-c3ccccc3)cc12.Cl.Cl.O. The number of alkyl halides is 1. The molecule has 3 N–H and O–H groups in total. The minimum atomic E-state index is 0. The van der Waals surface area contributed by atoms with Crippen LogP contribution in [0.15, 0.2) is 66.7 Å². The van der Waals surface area contributed by atoms with Crippen molar-refractivity contribution in [1.29, 1.82) is 0 Å². The highest BCUT2D eigenvalue weighted by Gasteiger charge is 2.11. The van der Waals surface area contributed by atoms with Gasteiger partial charge >= 0.3 is 0 Å². The molecule has 4 rings (SSSR count). The predicted octanol–water partition coefficient (Wildman–Crippen LogP) is 7.09. The summed E-state index contributed by atoms with van der Waals surface area (Å²) in [6, 6.07) is 22.9. The highest BCUT2D eigenvalue weighted by Crippen LogP contribution is 2.34. The molecule has 0 radical (unpaired) electrons. The zero-order valence-electron chi connectivity index (χ0n) is 19.1. The summed E-state index contributed by atoms with van der Waals surface area (Å²) in [6.07, 6.45) is 1.04. The van der Waals surface area contributed by atoms with Gasteiger partial charge in [-0.1, -0.05) is 54.9 Å². The molecule has 1 heterocycles. The van der Waals surface area contributed by atoms with Crippen molar-refractivity contribution in [2.45, 2.75) is 13.3 Å². The molecule has 0 amide bonds. The lowest BCUT2D eigenvalue weighted by Crippen LogP contribution is -2.27. The van der Waals surface area contributed by atoms with E-state index in [0.29, 0.717) is 10.9 Å². The molecule has 0 fully saturated rings. The van der Waals surface area contributed by atoms with Gasteiger partial charge in [0.25, 0.3) is 0 Å². The Morgan fingerprint density at radius 1 is 0.853 bits per heavy atom. The Morgan fingerprint density at radius 2 is 1.62 bits per heavy atom. The Balaban J connectivity index is 0.00000193. The molecule has 4 nitrogen and oxygen atoms in total. The maximum absolute atomic E-state index is 6.26. The monoisotopic (exact) mass is 541 g/mol. The molecule has 0 aliphatic carbocycles. The number of pyridine rings is 1. The van der Waals surface area contributed by atoms with Crippen LogP contribution in [0.4, 0.5) is 5.69 Å². The largest absolute Gasteiger partial charge is 0.412 e. The van der Waals surface area contributed by atoms with E-state index in [4.69, 9.17) is 28.2 Å². The van der Waals surface area contributed by atoms with Gasteiger partial charge in [-0.05, 0) is 61.0 Å². The molecule has 0 bridgehead atoms. The topological polar surface area (TPSA) is 59.7 Å². The van der Waals surface area contributed by atoms with Gasteiger partial charge in [0.1, 0.15) is 0 Å². The average Bonchev–Trinajstić information content (AvgIpc) is 2.80. The van der Waals surface area contributed by atoms with Crippen LogP contribution in [0.1, 0.15) is 13.3 Å². The zero-order chi connectivity index (χ0) is 21.6. The summed E-state index contributed by atoms with van der Waals surface area (Å²) in [5.74, 6) is 0.671. The van der Waals surface area contributed by atoms with Crippen molar-refractivity contribution in [3.05, 3.63) is 71.8 Å². The van der Waals surface area contributed by atoms with Crippen LogP contribution < -0.4 is 5.32 Å². The molecule has 184 valence electrons. The van der Waals surface area contributed by atoms with Gasteiger partial charge in [0, 0.05) is 34.8 Å². The molecule has 0 spiro atoms. The van der Waals surface area contributed by atoms with Crippen molar-refractivity contribution >= 4 is 75.5 Å². The predicted molar refractivity (Wildman–Crippen MR) is 154 cm³/mol. The number of halogens is 4. The van der Waals surface area contributed by atoms with Crippen LogP contribution in [0, 0.1) is 0 Å². The van der Waals surface area contributed by atoms with Crippen molar-refractivity contribution in [3.8, 4) is 11.1 Å². The summed E-state index contributed by atoms with van der Waals surface area (Å²) in [5.41, 5.74) is 5.38. The maximum atomic E-state index is 6.26. The molecule has 34 heavy (non-hydrogen) atoms. The number of fused-ring (bicyclic) bond motifs is 2. The third kappa shape index (κ3) is 7.11. The number of nitrogens with zero attached hydrogens (tertiary/aromatic N) is 2. The van der Waals surface area contributed by atoms with E-state index in [1.807, 2.05) is 18.2 Å². The number of rotatable bonds is 9. The summed E-state index contributed by atoms with van der Waals surface area (Å²) < 4.78 is 0. The quantitative estimate of drug-likeness (QED) is 0.139. The number of nitrogens with one attached hydrogen (secondary N) is 1. The van der Waals surface area contributed by atoms with Crippen molar-refractivity contribution in [3.63, 3.8) is 0 Å². The Labute approximate surface area is 223 Å². The molecule has 0 saturated carbocycles. The lowest BCUT2D eigenvalue weighted by atomic mass is 10.0. The second kappa shape index (κ2) is 14.6. The molecular formula is C26H31Cl4N3O. The van der Waals surface area contributed by atoms with Gasteiger partial charge in [0.15, 0.2) is 0 Å². The number of aromatic nitrogens is 1. The van der Waals surface area contributed by atoms with Crippen molar-refractivity contribution < 1.29 is 5.48 Å². The van der Waals surface area contributed by atoms with E-state index < -0.39 is 0 Å². The van der Waals surface area contributed by atoms with E-state index in [1.54, 1.807) is 0 Å². The molecule has 0 aliphatic heterocycles. The maximum Gasteiger partial charge on any atom is 0.0745 e. The minimum absolute atomic E-state index is 0. The van der Waals surface area contributed by atoms with Gasteiger partial charge in [-0.2, -0.15) is 0 Å². The van der Waals surface area contributed by atoms with E-state index in [2.05, 4.69) is 65.7 Å². The number of hydrogen-bond acceptors (Lipinski definition) is 3. The molecule has 0 saturated heterocycles.